The topological polar surface area (TPSA) is 29.5 Å². The van der Waals surface area contributed by atoms with E-state index in [1.807, 2.05) is 50.5 Å². The molecule has 0 fully saturated rings. The monoisotopic (exact) mass is 371 g/mol. The lowest BCUT2D eigenvalue weighted by Crippen LogP contribution is -2.31. The largest absolute Gasteiger partial charge is 0.544 e. The average Bonchev–Trinajstić information content (AvgIpc) is 2.52. The molecule has 5 heteroatoms. The highest BCUT2D eigenvalue weighted by Gasteiger charge is 2.20. The predicted octanol–water partition coefficient (Wildman–Crippen LogP) is 3.89. The van der Waals surface area contributed by atoms with Gasteiger partial charge in [-0.1, -0.05) is 30.4 Å². The van der Waals surface area contributed by atoms with Gasteiger partial charge in [-0.25, -0.2) is 0 Å². The second kappa shape index (κ2) is 7.58. The van der Waals surface area contributed by atoms with Crippen LogP contribution in [0.25, 0.3) is 0 Å². The molecule has 0 amide bonds. The molecule has 0 spiro atoms. The summed E-state index contributed by atoms with van der Waals surface area (Å²) in [5.74, 6) is 0.876. The molecule has 0 N–H and O–H groups in total. The number of carbonyl (C=O) groups is 1. The second-order valence-electron chi connectivity index (χ2n) is 7.89. The van der Waals surface area contributed by atoms with Gasteiger partial charge in [0.1, 0.15) is 5.75 Å². The summed E-state index contributed by atoms with van der Waals surface area (Å²) in [7, 11) is 1.23. The van der Waals surface area contributed by atoms with E-state index in [0.717, 1.165) is 17.0 Å². The molecule has 0 unspecified atom stereocenters. The number of anilines is 1. The zero-order valence-electron chi connectivity index (χ0n) is 16.4. The molecule has 0 aliphatic carbocycles. The minimum Gasteiger partial charge on any atom is -0.544 e. The predicted molar refractivity (Wildman–Crippen MR) is 113 cm³/mol. The van der Waals surface area contributed by atoms with Crippen LogP contribution in [0.5, 0.6) is 5.75 Å². The van der Waals surface area contributed by atoms with E-state index in [4.69, 9.17) is 4.43 Å². The summed E-state index contributed by atoms with van der Waals surface area (Å²) in [6, 6.07) is 13.8. The van der Waals surface area contributed by atoms with E-state index >= 15 is 0 Å². The van der Waals surface area contributed by atoms with E-state index < -0.39 is 17.1 Å². The van der Waals surface area contributed by atoms with Crippen LogP contribution in [-0.2, 0) is 0 Å². The number of benzene rings is 2. The highest BCUT2D eigenvalue weighted by molar-refractivity contribution is 6.72. The van der Waals surface area contributed by atoms with Crippen molar-refractivity contribution < 1.29 is 9.22 Å². The second-order valence-corrected chi connectivity index (χ2v) is 15.3. The maximum atomic E-state index is 13.1. The molecule has 134 valence electrons. The molecular weight excluding hydrogens is 342 g/mol. The van der Waals surface area contributed by atoms with Gasteiger partial charge in [-0.15, -0.1) is 0 Å². The van der Waals surface area contributed by atoms with Crippen LogP contribution >= 0.6 is 0 Å². The molecule has 0 atom stereocenters. The number of rotatable bonds is 6. The van der Waals surface area contributed by atoms with Gasteiger partial charge < -0.3 is 9.33 Å². The van der Waals surface area contributed by atoms with Crippen LogP contribution in [0.1, 0.15) is 15.9 Å². The lowest BCUT2D eigenvalue weighted by Gasteiger charge is -2.20. The van der Waals surface area contributed by atoms with Crippen molar-refractivity contribution in [3.63, 3.8) is 0 Å². The molecule has 0 aliphatic rings. The van der Waals surface area contributed by atoms with Gasteiger partial charge in [-0.05, 0) is 50.0 Å². The van der Waals surface area contributed by atoms with Crippen LogP contribution < -0.4 is 14.5 Å². The zero-order chi connectivity index (χ0) is 18.8. The number of hydrogen-bond donors (Lipinski definition) is 0. The molecule has 0 bridgehead atoms. The van der Waals surface area contributed by atoms with Gasteiger partial charge in [0.05, 0.1) is 8.80 Å². The van der Waals surface area contributed by atoms with E-state index in [0.29, 0.717) is 5.56 Å². The first kappa shape index (κ1) is 19.5. The van der Waals surface area contributed by atoms with E-state index in [2.05, 4.69) is 43.7 Å². The van der Waals surface area contributed by atoms with Crippen molar-refractivity contribution in [3.8, 4) is 5.75 Å². The summed E-state index contributed by atoms with van der Waals surface area (Å²) in [6.45, 7) is 10.9. The number of ketones is 1. The Bertz CT molecular complexity index is 765. The van der Waals surface area contributed by atoms with Gasteiger partial charge in [0.2, 0.25) is 8.32 Å². The Hall–Kier alpha value is -1.86. The lowest BCUT2D eigenvalue weighted by atomic mass is 10.0. The van der Waals surface area contributed by atoms with Crippen LogP contribution in [0, 0.1) is 0 Å². The van der Waals surface area contributed by atoms with E-state index in [9.17, 15) is 4.79 Å². The van der Waals surface area contributed by atoms with Gasteiger partial charge >= 0.3 is 0 Å². The molecule has 0 aliphatic heterocycles. The summed E-state index contributed by atoms with van der Waals surface area (Å²) in [6.07, 6.45) is 0. The summed E-state index contributed by atoms with van der Waals surface area (Å²) in [5.41, 5.74) is 2.67. The average molecular weight is 372 g/mol. The third-order valence-electron chi connectivity index (χ3n) is 3.94. The summed E-state index contributed by atoms with van der Waals surface area (Å²) < 4.78 is 6.05. The Morgan fingerprint density at radius 2 is 1.72 bits per heavy atom. The number of carbonyl (C=O) groups excluding carboxylic acids is 1. The Morgan fingerprint density at radius 3 is 2.28 bits per heavy atom. The smallest absolute Gasteiger partial charge is 0.242 e. The molecule has 25 heavy (non-hydrogen) atoms. The Kier molecular flexibility index (Phi) is 5.90. The summed E-state index contributed by atoms with van der Waals surface area (Å²) in [5, 5.41) is 1.22. The van der Waals surface area contributed by atoms with Crippen molar-refractivity contribution >= 4 is 33.8 Å². The SMILES string of the molecule is CN(C)c1ccc(C(=O)c2cccc(O[Si](C)(C)C)c2)c([SiH](C)C)c1. The van der Waals surface area contributed by atoms with Crippen LogP contribution in [0.2, 0.25) is 32.7 Å². The van der Waals surface area contributed by atoms with Crippen molar-refractivity contribution in [2.45, 2.75) is 32.7 Å². The highest BCUT2D eigenvalue weighted by atomic mass is 28.4. The maximum Gasteiger partial charge on any atom is 0.242 e. The van der Waals surface area contributed by atoms with Crippen LogP contribution in [0.15, 0.2) is 42.5 Å². The molecule has 0 saturated heterocycles. The molecule has 0 heterocycles. The lowest BCUT2D eigenvalue weighted by molar-refractivity contribution is 0.103. The standard InChI is InChI=1S/C20H29NO2Si2/c1-21(2)16-11-12-18(19(14-16)24(3)4)20(22)15-9-8-10-17(13-15)23-25(5,6)7/h8-14,24H,1-7H3. The Labute approximate surface area is 154 Å². The van der Waals surface area contributed by atoms with E-state index in [-0.39, 0.29) is 5.78 Å². The van der Waals surface area contributed by atoms with Gasteiger partial charge in [0.15, 0.2) is 5.78 Å². The third-order valence-corrected chi connectivity index (χ3v) is 6.51. The quantitative estimate of drug-likeness (QED) is 0.570. The van der Waals surface area contributed by atoms with E-state index in [1.54, 1.807) is 0 Å². The normalized spacial score (nSPS) is 11.5. The fourth-order valence-corrected chi connectivity index (χ4v) is 4.91. The molecule has 2 aromatic rings. The minimum absolute atomic E-state index is 0.0857. The van der Waals surface area contributed by atoms with Crippen molar-refractivity contribution in [2.24, 2.45) is 0 Å². The molecule has 0 radical (unpaired) electrons. The molecule has 2 rings (SSSR count). The fraction of sp³-hybridized carbons (Fsp3) is 0.350. The first-order valence-electron chi connectivity index (χ1n) is 8.73. The first-order valence-corrected chi connectivity index (χ1v) is 15.0. The molecule has 3 nitrogen and oxygen atoms in total. The summed E-state index contributed by atoms with van der Waals surface area (Å²) >= 11 is 0. The zero-order valence-corrected chi connectivity index (χ0v) is 18.5. The number of nitrogens with zero attached hydrogens (tertiary/aromatic N) is 1. The molecule has 0 saturated carbocycles. The van der Waals surface area contributed by atoms with Crippen LogP contribution in [0.4, 0.5) is 5.69 Å². The van der Waals surface area contributed by atoms with Gasteiger partial charge in [-0.2, -0.15) is 0 Å². The van der Waals surface area contributed by atoms with Crippen LogP contribution in [0.3, 0.4) is 0 Å². The third kappa shape index (κ3) is 5.06. The maximum absolute atomic E-state index is 13.1. The van der Waals surface area contributed by atoms with Crippen LogP contribution in [-0.4, -0.2) is 37.0 Å². The Balaban J connectivity index is 2.42. The minimum atomic E-state index is -1.69. The van der Waals surface area contributed by atoms with Gasteiger partial charge in [-0.3, -0.25) is 4.79 Å². The molecular formula is C20H29NO2Si2. The van der Waals surface area contributed by atoms with Gasteiger partial charge in [0.25, 0.3) is 0 Å². The number of hydrogen-bond acceptors (Lipinski definition) is 3. The van der Waals surface area contributed by atoms with E-state index in [1.165, 1.54) is 5.19 Å². The van der Waals surface area contributed by atoms with Gasteiger partial charge in [0, 0.05) is 30.9 Å². The van der Waals surface area contributed by atoms with Crippen molar-refractivity contribution in [2.75, 3.05) is 19.0 Å². The first-order chi connectivity index (χ1) is 11.6. The van der Waals surface area contributed by atoms with Crippen molar-refractivity contribution in [3.05, 3.63) is 53.6 Å². The Morgan fingerprint density at radius 1 is 1.04 bits per heavy atom. The van der Waals surface area contributed by atoms with Crippen molar-refractivity contribution in [1.29, 1.82) is 0 Å². The molecule has 2 aromatic carbocycles. The van der Waals surface area contributed by atoms with Crippen molar-refractivity contribution in [1.82, 2.24) is 0 Å². The summed E-state index contributed by atoms with van der Waals surface area (Å²) in [4.78, 5) is 15.2. The molecule has 0 aromatic heterocycles. The fourth-order valence-electron chi connectivity index (χ4n) is 2.72. The highest BCUT2D eigenvalue weighted by Crippen LogP contribution is 2.21.